The van der Waals surface area contributed by atoms with E-state index in [-0.39, 0.29) is 5.88 Å². The van der Waals surface area contributed by atoms with Gasteiger partial charge in [-0.25, -0.2) is 13.8 Å². The second-order valence-corrected chi connectivity index (χ2v) is 4.53. The monoisotopic (exact) mass is 324 g/mol. The molecule has 0 saturated carbocycles. The topological polar surface area (TPSA) is 71.7 Å². The van der Waals surface area contributed by atoms with Crippen LogP contribution >= 0.6 is 0 Å². The van der Waals surface area contributed by atoms with Crippen molar-refractivity contribution in [2.45, 2.75) is 19.5 Å². The highest BCUT2D eigenvalue weighted by atomic mass is 19.3. The Hall–Kier alpha value is -2.64. The fourth-order valence-electron chi connectivity index (χ4n) is 1.81. The maximum Gasteiger partial charge on any atom is 0.272 e. The molecule has 124 valence electrons. The van der Waals surface area contributed by atoms with Gasteiger partial charge in [0.1, 0.15) is 5.76 Å². The number of halogens is 2. The number of rotatable bonds is 7. The van der Waals surface area contributed by atoms with Gasteiger partial charge in [-0.3, -0.25) is 4.99 Å². The van der Waals surface area contributed by atoms with Crippen LogP contribution in [-0.4, -0.2) is 31.0 Å². The zero-order chi connectivity index (χ0) is 16.5. The van der Waals surface area contributed by atoms with Crippen LogP contribution in [0.3, 0.4) is 0 Å². The number of aliphatic imine (C=N–C) groups is 1. The van der Waals surface area contributed by atoms with Gasteiger partial charge < -0.3 is 19.8 Å². The third-order valence-corrected chi connectivity index (χ3v) is 2.88. The SMILES string of the molecule is CN=C(NCc1ccco1)NCc1cccnc1OCC(F)F. The molecule has 2 N–H and O–H groups in total. The van der Waals surface area contributed by atoms with Crippen LogP contribution in [0.25, 0.3) is 0 Å². The van der Waals surface area contributed by atoms with Gasteiger partial charge >= 0.3 is 0 Å². The van der Waals surface area contributed by atoms with Crippen LogP contribution in [0.4, 0.5) is 8.78 Å². The van der Waals surface area contributed by atoms with Gasteiger partial charge in [-0.1, -0.05) is 6.07 Å². The van der Waals surface area contributed by atoms with E-state index in [2.05, 4.69) is 20.6 Å². The lowest BCUT2D eigenvalue weighted by Crippen LogP contribution is -2.36. The summed E-state index contributed by atoms with van der Waals surface area (Å²) in [5.41, 5.74) is 0.661. The van der Waals surface area contributed by atoms with Crippen LogP contribution in [0.5, 0.6) is 5.88 Å². The molecule has 0 aliphatic rings. The molecule has 0 saturated heterocycles. The van der Waals surface area contributed by atoms with Crippen LogP contribution in [0.2, 0.25) is 0 Å². The van der Waals surface area contributed by atoms with Crippen molar-refractivity contribution in [3.05, 3.63) is 48.0 Å². The van der Waals surface area contributed by atoms with E-state index in [1.54, 1.807) is 31.5 Å². The Morgan fingerprint density at radius 3 is 2.83 bits per heavy atom. The summed E-state index contributed by atoms with van der Waals surface area (Å²) < 4.78 is 34.7. The average Bonchev–Trinajstić information content (AvgIpc) is 3.07. The van der Waals surface area contributed by atoms with E-state index in [1.807, 2.05) is 6.07 Å². The third kappa shape index (κ3) is 5.57. The highest BCUT2D eigenvalue weighted by Gasteiger charge is 2.09. The quantitative estimate of drug-likeness (QED) is 0.603. The summed E-state index contributed by atoms with van der Waals surface area (Å²) in [6.45, 7) is 0.133. The van der Waals surface area contributed by atoms with Gasteiger partial charge in [0.05, 0.1) is 12.8 Å². The number of ether oxygens (including phenoxy) is 1. The average molecular weight is 324 g/mol. The van der Waals surface area contributed by atoms with Crippen LogP contribution in [0.15, 0.2) is 46.1 Å². The normalized spacial score (nSPS) is 11.6. The zero-order valence-electron chi connectivity index (χ0n) is 12.6. The van der Waals surface area contributed by atoms with Gasteiger partial charge in [0.15, 0.2) is 12.6 Å². The molecule has 2 aromatic rings. The molecule has 0 aliphatic carbocycles. The molecule has 23 heavy (non-hydrogen) atoms. The number of guanidine groups is 1. The molecule has 2 rings (SSSR count). The van der Waals surface area contributed by atoms with Gasteiger partial charge in [-0.05, 0) is 18.2 Å². The van der Waals surface area contributed by atoms with Gasteiger partial charge in [0.2, 0.25) is 5.88 Å². The molecular weight excluding hydrogens is 306 g/mol. The predicted molar refractivity (Wildman–Crippen MR) is 81.5 cm³/mol. The molecule has 0 bridgehead atoms. The van der Waals surface area contributed by atoms with Crippen LogP contribution in [0, 0.1) is 0 Å². The van der Waals surface area contributed by atoms with Crippen molar-refractivity contribution in [2.24, 2.45) is 4.99 Å². The van der Waals surface area contributed by atoms with E-state index in [9.17, 15) is 8.78 Å². The lowest BCUT2D eigenvalue weighted by molar-refractivity contribution is 0.0790. The maximum absolute atomic E-state index is 12.2. The summed E-state index contributed by atoms with van der Waals surface area (Å²) in [5, 5.41) is 6.14. The summed E-state index contributed by atoms with van der Waals surface area (Å²) in [5.74, 6) is 1.50. The summed E-state index contributed by atoms with van der Waals surface area (Å²) in [4.78, 5) is 8.05. The van der Waals surface area contributed by atoms with Gasteiger partial charge in [-0.15, -0.1) is 0 Å². The first-order chi connectivity index (χ1) is 11.2. The Balaban J connectivity index is 1.88. The van der Waals surface area contributed by atoms with Crippen molar-refractivity contribution in [1.29, 1.82) is 0 Å². The first-order valence-corrected chi connectivity index (χ1v) is 7.00. The Morgan fingerprint density at radius 2 is 2.13 bits per heavy atom. The molecule has 0 aromatic carbocycles. The molecular formula is C15H18F2N4O2. The van der Waals surface area contributed by atoms with Crippen molar-refractivity contribution in [2.75, 3.05) is 13.7 Å². The van der Waals surface area contributed by atoms with E-state index < -0.39 is 13.0 Å². The molecule has 2 heterocycles. The minimum absolute atomic E-state index is 0.182. The van der Waals surface area contributed by atoms with E-state index in [0.717, 1.165) is 5.76 Å². The first-order valence-electron chi connectivity index (χ1n) is 7.00. The van der Waals surface area contributed by atoms with Crippen molar-refractivity contribution in [3.63, 3.8) is 0 Å². The third-order valence-electron chi connectivity index (χ3n) is 2.88. The minimum Gasteiger partial charge on any atom is -0.471 e. The molecule has 8 heteroatoms. The Morgan fingerprint density at radius 1 is 1.30 bits per heavy atom. The molecule has 0 spiro atoms. The number of nitrogens with zero attached hydrogens (tertiary/aromatic N) is 2. The molecule has 0 fully saturated rings. The molecule has 0 aliphatic heterocycles. The van der Waals surface area contributed by atoms with E-state index in [0.29, 0.717) is 24.6 Å². The number of aromatic nitrogens is 1. The predicted octanol–water partition coefficient (Wildman–Crippen LogP) is 2.18. The van der Waals surface area contributed by atoms with Crippen molar-refractivity contribution in [1.82, 2.24) is 15.6 Å². The summed E-state index contributed by atoms with van der Waals surface area (Å²) in [6, 6.07) is 7.11. The van der Waals surface area contributed by atoms with E-state index >= 15 is 0 Å². The maximum atomic E-state index is 12.2. The van der Waals surface area contributed by atoms with E-state index in [4.69, 9.17) is 9.15 Å². The van der Waals surface area contributed by atoms with Gasteiger partial charge in [-0.2, -0.15) is 0 Å². The fourth-order valence-corrected chi connectivity index (χ4v) is 1.81. The number of hydrogen-bond donors (Lipinski definition) is 2. The molecule has 0 atom stereocenters. The van der Waals surface area contributed by atoms with Crippen molar-refractivity contribution in [3.8, 4) is 5.88 Å². The number of hydrogen-bond acceptors (Lipinski definition) is 4. The molecule has 0 unspecified atom stereocenters. The summed E-state index contributed by atoms with van der Waals surface area (Å²) >= 11 is 0. The largest absolute Gasteiger partial charge is 0.471 e. The molecule has 6 nitrogen and oxygen atoms in total. The second-order valence-electron chi connectivity index (χ2n) is 4.53. The lowest BCUT2D eigenvalue weighted by atomic mass is 10.2. The number of alkyl halides is 2. The molecule has 0 amide bonds. The Labute approximate surface area is 132 Å². The molecule has 0 radical (unpaired) electrons. The second kappa shape index (κ2) is 8.72. The minimum atomic E-state index is -2.54. The standard InChI is InChI=1S/C15H18F2N4O2/c1-18-15(21-9-12-5-3-7-22-12)20-8-11-4-2-6-19-14(11)23-10-13(16)17/h2-7,13H,8-10H2,1H3,(H2,18,20,21). The number of furan rings is 1. The van der Waals surface area contributed by atoms with Crippen LogP contribution in [0.1, 0.15) is 11.3 Å². The fraction of sp³-hybridized carbons (Fsp3) is 0.333. The molecule has 2 aromatic heterocycles. The Bertz CT molecular complexity index is 618. The zero-order valence-corrected chi connectivity index (χ0v) is 12.6. The van der Waals surface area contributed by atoms with Crippen molar-refractivity contribution < 1.29 is 17.9 Å². The first kappa shape index (κ1) is 16.7. The Kier molecular flexibility index (Phi) is 6.34. The van der Waals surface area contributed by atoms with Crippen LogP contribution < -0.4 is 15.4 Å². The van der Waals surface area contributed by atoms with Crippen molar-refractivity contribution >= 4 is 5.96 Å². The smallest absolute Gasteiger partial charge is 0.272 e. The van der Waals surface area contributed by atoms with E-state index in [1.165, 1.54) is 6.20 Å². The number of nitrogens with one attached hydrogen (secondary N) is 2. The van der Waals surface area contributed by atoms with Gasteiger partial charge in [0.25, 0.3) is 6.43 Å². The number of pyridine rings is 1. The summed E-state index contributed by atoms with van der Waals surface area (Å²) in [7, 11) is 1.63. The highest BCUT2D eigenvalue weighted by molar-refractivity contribution is 5.79. The summed E-state index contributed by atoms with van der Waals surface area (Å²) in [6.07, 6.45) is 0.546. The van der Waals surface area contributed by atoms with Crippen LogP contribution in [-0.2, 0) is 13.1 Å². The van der Waals surface area contributed by atoms with Gasteiger partial charge in [0, 0.05) is 25.4 Å². The lowest BCUT2D eigenvalue weighted by Gasteiger charge is -2.13. The highest BCUT2D eigenvalue weighted by Crippen LogP contribution is 2.14.